The fraction of sp³-hybridized carbons (Fsp3) is 0.462. The van der Waals surface area contributed by atoms with Gasteiger partial charge in [-0.25, -0.2) is 0 Å². The molecule has 0 radical (unpaired) electrons. The number of guanidine groups is 1. The third kappa shape index (κ3) is 5.65. The van der Waals surface area contributed by atoms with E-state index in [-0.39, 0.29) is 11.5 Å². The minimum absolute atomic E-state index is 0.0503. The van der Waals surface area contributed by atoms with Gasteiger partial charge in [0.1, 0.15) is 0 Å². The molecule has 0 saturated carbocycles. The number of pyridine rings is 1. The predicted octanol–water partition coefficient (Wildman–Crippen LogP) is 1.49. The number of hydrogen-bond donors (Lipinski definition) is 3. The van der Waals surface area contributed by atoms with Crippen LogP contribution in [0.2, 0.25) is 0 Å². The minimum Gasteiger partial charge on any atom is -0.370 e. The van der Waals surface area contributed by atoms with Crippen molar-refractivity contribution in [2.45, 2.75) is 32.7 Å². The van der Waals surface area contributed by atoms with E-state index < -0.39 is 0 Å². The second-order valence-corrected chi connectivity index (χ2v) is 5.72. The van der Waals surface area contributed by atoms with Crippen LogP contribution in [-0.4, -0.2) is 33.0 Å². The second kappa shape index (κ2) is 6.47. The third-order valence-corrected chi connectivity index (χ3v) is 2.69. The van der Waals surface area contributed by atoms with Crippen LogP contribution in [0.25, 0.3) is 0 Å². The Morgan fingerprint density at radius 1 is 1.53 bits per heavy atom. The Balaban J connectivity index is 2.64. The molecule has 0 aliphatic heterocycles. The predicted molar refractivity (Wildman–Crippen MR) is 82.0 cm³/mol. The summed E-state index contributed by atoms with van der Waals surface area (Å²) in [6.07, 6.45) is 4.27. The summed E-state index contributed by atoms with van der Waals surface area (Å²) in [6, 6.07) is 3.88. The average molecular weight is 279 g/mol. The molecule has 0 fully saturated rings. The summed E-state index contributed by atoms with van der Waals surface area (Å²) in [7, 11) is 0. The SMILES string of the molecule is CC(C)(C)NC(=S)N(CCc1cccnc1)C(=N)N. The number of aromatic nitrogens is 1. The molecule has 0 bridgehead atoms. The molecule has 1 aromatic rings. The maximum absolute atomic E-state index is 7.62. The number of nitrogens with zero attached hydrogens (tertiary/aromatic N) is 2. The highest BCUT2D eigenvalue weighted by Gasteiger charge is 2.18. The maximum Gasteiger partial charge on any atom is 0.194 e. The first-order valence-corrected chi connectivity index (χ1v) is 6.53. The summed E-state index contributed by atoms with van der Waals surface area (Å²) in [6.45, 7) is 6.60. The highest BCUT2D eigenvalue weighted by Crippen LogP contribution is 2.04. The van der Waals surface area contributed by atoms with E-state index in [9.17, 15) is 0 Å². The van der Waals surface area contributed by atoms with Crippen molar-refractivity contribution in [2.24, 2.45) is 5.73 Å². The van der Waals surface area contributed by atoms with Crippen LogP contribution >= 0.6 is 12.2 Å². The van der Waals surface area contributed by atoms with E-state index >= 15 is 0 Å². The van der Waals surface area contributed by atoms with E-state index in [1.54, 1.807) is 17.3 Å². The molecule has 19 heavy (non-hydrogen) atoms. The number of rotatable bonds is 3. The summed E-state index contributed by atoms with van der Waals surface area (Å²) in [5.74, 6) is -0.0503. The quantitative estimate of drug-likeness (QED) is 0.444. The largest absolute Gasteiger partial charge is 0.370 e. The van der Waals surface area contributed by atoms with Gasteiger partial charge in [-0.3, -0.25) is 15.3 Å². The van der Waals surface area contributed by atoms with Crippen molar-refractivity contribution in [1.29, 1.82) is 5.41 Å². The standard InChI is InChI=1S/C13H21N5S/c1-13(2,3)17-12(19)18(11(14)15)8-6-10-5-4-7-16-9-10/h4-5,7,9H,6,8H2,1-3H3,(H3,14,15)(H,17,19). The van der Waals surface area contributed by atoms with Gasteiger partial charge in [0, 0.05) is 24.5 Å². The second-order valence-electron chi connectivity index (χ2n) is 5.33. The molecular weight excluding hydrogens is 258 g/mol. The van der Waals surface area contributed by atoms with Crippen LogP contribution in [0.4, 0.5) is 0 Å². The monoisotopic (exact) mass is 279 g/mol. The molecule has 5 nitrogen and oxygen atoms in total. The molecule has 0 aliphatic rings. The first kappa shape index (κ1) is 15.4. The van der Waals surface area contributed by atoms with Crippen molar-refractivity contribution in [3.63, 3.8) is 0 Å². The molecule has 0 saturated heterocycles. The third-order valence-electron chi connectivity index (χ3n) is 2.36. The molecule has 0 unspecified atom stereocenters. The molecule has 0 spiro atoms. The van der Waals surface area contributed by atoms with Crippen LogP contribution < -0.4 is 11.1 Å². The molecule has 0 atom stereocenters. The Bertz CT molecular complexity index is 438. The van der Waals surface area contributed by atoms with E-state index in [0.29, 0.717) is 11.7 Å². The fourth-order valence-electron chi connectivity index (χ4n) is 1.51. The van der Waals surface area contributed by atoms with Crippen LogP contribution in [0, 0.1) is 5.41 Å². The average Bonchev–Trinajstić information content (AvgIpc) is 2.27. The maximum atomic E-state index is 7.62. The molecule has 1 rings (SSSR count). The molecule has 4 N–H and O–H groups in total. The van der Waals surface area contributed by atoms with Crippen LogP contribution in [0.3, 0.4) is 0 Å². The van der Waals surface area contributed by atoms with Crippen LogP contribution in [0.15, 0.2) is 24.5 Å². The van der Waals surface area contributed by atoms with Crippen molar-refractivity contribution in [2.75, 3.05) is 6.54 Å². The van der Waals surface area contributed by atoms with Crippen molar-refractivity contribution in [3.8, 4) is 0 Å². The lowest BCUT2D eigenvalue weighted by Gasteiger charge is -2.30. The van der Waals surface area contributed by atoms with Crippen molar-refractivity contribution < 1.29 is 0 Å². The summed E-state index contributed by atoms with van der Waals surface area (Å²) >= 11 is 5.29. The normalized spacial score (nSPS) is 10.9. The Hall–Kier alpha value is -1.69. The molecule has 1 aromatic heterocycles. The van der Waals surface area contributed by atoms with Gasteiger partial charge in [0.15, 0.2) is 11.1 Å². The Morgan fingerprint density at radius 2 is 2.21 bits per heavy atom. The van der Waals surface area contributed by atoms with Gasteiger partial charge >= 0.3 is 0 Å². The topological polar surface area (TPSA) is 78.0 Å². The molecule has 104 valence electrons. The van der Waals surface area contributed by atoms with Crippen LogP contribution in [-0.2, 0) is 6.42 Å². The number of hydrogen-bond acceptors (Lipinski definition) is 3. The van der Waals surface area contributed by atoms with E-state index in [2.05, 4.69) is 10.3 Å². The Morgan fingerprint density at radius 3 is 2.68 bits per heavy atom. The lowest BCUT2D eigenvalue weighted by molar-refractivity contribution is 0.475. The highest BCUT2D eigenvalue weighted by atomic mass is 32.1. The molecule has 0 aromatic carbocycles. The van der Waals surface area contributed by atoms with Gasteiger partial charge in [0.05, 0.1) is 0 Å². The molecule has 0 amide bonds. The lowest BCUT2D eigenvalue weighted by Crippen LogP contribution is -2.52. The zero-order chi connectivity index (χ0) is 14.5. The van der Waals surface area contributed by atoms with E-state index in [0.717, 1.165) is 12.0 Å². The molecule has 6 heteroatoms. The zero-order valence-corrected chi connectivity index (χ0v) is 12.4. The smallest absolute Gasteiger partial charge is 0.194 e. The summed E-state index contributed by atoms with van der Waals surface area (Å²) < 4.78 is 0. The highest BCUT2D eigenvalue weighted by molar-refractivity contribution is 7.80. The fourth-order valence-corrected chi connectivity index (χ4v) is 2.00. The number of nitrogens with two attached hydrogens (primary N) is 1. The zero-order valence-electron chi connectivity index (χ0n) is 11.6. The molecular formula is C13H21N5S. The van der Waals surface area contributed by atoms with Crippen LogP contribution in [0.5, 0.6) is 0 Å². The van der Waals surface area contributed by atoms with Gasteiger partial charge in [0.2, 0.25) is 0 Å². The molecule has 0 aliphatic carbocycles. The summed E-state index contributed by atoms with van der Waals surface area (Å²) in [5.41, 5.74) is 6.52. The first-order valence-electron chi connectivity index (χ1n) is 6.12. The van der Waals surface area contributed by atoms with Gasteiger partial charge in [-0.05, 0) is 51.0 Å². The van der Waals surface area contributed by atoms with Crippen molar-refractivity contribution in [3.05, 3.63) is 30.1 Å². The Labute approximate surface area is 119 Å². The Kier molecular flexibility index (Phi) is 5.23. The van der Waals surface area contributed by atoms with Gasteiger partial charge in [-0.15, -0.1) is 0 Å². The number of nitrogens with one attached hydrogen (secondary N) is 2. The summed E-state index contributed by atoms with van der Waals surface area (Å²) in [4.78, 5) is 5.65. The number of thiocarbonyl (C=S) groups is 1. The molecule has 1 heterocycles. The van der Waals surface area contributed by atoms with Gasteiger partial charge < -0.3 is 11.1 Å². The lowest BCUT2D eigenvalue weighted by atomic mass is 10.1. The minimum atomic E-state index is -0.154. The first-order chi connectivity index (χ1) is 8.79. The van der Waals surface area contributed by atoms with Gasteiger partial charge in [0.25, 0.3) is 0 Å². The van der Waals surface area contributed by atoms with E-state index in [1.807, 2.05) is 32.9 Å². The van der Waals surface area contributed by atoms with Gasteiger partial charge in [-0.2, -0.15) is 0 Å². The van der Waals surface area contributed by atoms with Crippen molar-refractivity contribution >= 4 is 23.3 Å². The van der Waals surface area contributed by atoms with E-state index in [1.165, 1.54) is 0 Å². The van der Waals surface area contributed by atoms with Crippen molar-refractivity contribution in [1.82, 2.24) is 15.2 Å². The summed E-state index contributed by atoms with van der Waals surface area (Å²) in [5, 5.41) is 11.2. The van der Waals surface area contributed by atoms with Crippen LogP contribution in [0.1, 0.15) is 26.3 Å². The van der Waals surface area contributed by atoms with E-state index in [4.69, 9.17) is 23.4 Å². The van der Waals surface area contributed by atoms with Gasteiger partial charge in [-0.1, -0.05) is 6.07 Å².